The van der Waals surface area contributed by atoms with Gasteiger partial charge in [0.05, 0.1) is 0 Å². The number of halogens is 1. The van der Waals surface area contributed by atoms with Crippen molar-refractivity contribution in [2.45, 2.75) is 25.7 Å². The van der Waals surface area contributed by atoms with Crippen LogP contribution in [-0.4, -0.2) is 20.1 Å². The Morgan fingerprint density at radius 3 is 2.76 bits per heavy atom. The lowest BCUT2D eigenvalue weighted by molar-refractivity contribution is 0.321. The lowest BCUT2D eigenvalue weighted by Crippen LogP contribution is -2.30. The van der Waals surface area contributed by atoms with Crippen LogP contribution in [0, 0.1) is 5.92 Å². The van der Waals surface area contributed by atoms with E-state index in [9.17, 15) is 0 Å². The molecule has 2 N–H and O–H groups in total. The number of anilines is 1. The van der Waals surface area contributed by atoms with Crippen LogP contribution in [0.25, 0.3) is 0 Å². The van der Waals surface area contributed by atoms with Crippen LogP contribution in [0.2, 0.25) is 0 Å². The van der Waals surface area contributed by atoms with Crippen LogP contribution in [0.3, 0.4) is 0 Å². The molecule has 0 aliphatic heterocycles. The summed E-state index contributed by atoms with van der Waals surface area (Å²) in [7, 11) is 2.20. The molecule has 0 amide bonds. The summed E-state index contributed by atoms with van der Waals surface area (Å²) < 4.78 is 1.14. The molecule has 1 saturated carbocycles. The highest BCUT2D eigenvalue weighted by Gasteiger charge is 2.20. The Hall–Kier alpha value is -0.540. The standard InChI is InChI=1S/C14H21BrN2/c1-17(10-11-3-2-4-11)14-6-5-13(15)9-12(14)7-8-16/h5-6,9,11H,2-4,7-8,10,16H2,1H3. The van der Waals surface area contributed by atoms with Gasteiger partial charge in [0.1, 0.15) is 0 Å². The topological polar surface area (TPSA) is 29.3 Å². The lowest BCUT2D eigenvalue weighted by Gasteiger charge is -2.32. The van der Waals surface area contributed by atoms with Crippen LogP contribution in [-0.2, 0) is 6.42 Å². The number of rotatable bonds is 5. The van der Waals surface area contributed by atoms with E-state index in [1.165, 1.54) is 37.1 Å². The molecule has 0 radical (unpaired) electrons. The quantitative estimate of drug-likeness (QED) is 0.904. The first kappa shape index (κ1) is 12.9. The zero-order valence-corrected chi connectivity index (χ0v) is 12.0. The summed E-state index contributed by atoms with van der Waals surface area (Å²) in [6.45, 7) is 1.89. The Morgan fingerprint density at radius 1 is 1.41 bits per heavy atom. The maximum Gasteiger partial charge on any atom is 0.0397 e. The summed E-state index contributed by atoms with van der Waals surface area (Å²) in [5.41, 5.74) is 8.37. The molecule has 1 aromatic carbocycles. The van der Waals surface area contributed by atoms with Crippen molar-refractivity contribution < 1.29 is 0 Å². The zero-order chi connectivity index (χ0) is 12.3. The summed E-state index contributed by atoms with van der Waals surface area (Å²) in [6, 6.07) is 6.51. The van der Waals surface area contributed by atoms with E-state index < -0.39 is 0 Å². The Balaban J connectivity index is 2.11. The first-order chi connectivity index (χ1) is 8.20. The zero-order valence-electron chi connectivity index (χ0n) is 10.5. The number of nitrogens with two attached hydrogens (primary N) is 1. The van der Waals surface area contributed by atoms with Crippen LogP contribution < -0.4 is 10.6 Å². The monoisotopic (exact) mass is 296 g/mol. The molecular formula is C14H21BrN2. The molecule has 1 fully saturated rings. The van der Waals surface area contributed by atoms with Crippen molar-refractivity contribution in [2.24, 2.45) is 11.7 Å². The van der Waals surface area contributed by atoms with Crippen molar-refractivity contribution in [3.05, 3.63) is 28.2 Å². The molecule has 0 bridgehead atoms. The second-order valence-electron chi connectivity index (χ2n) is 4.99. The first-order valence-corrected chi connectivity index (χ1v) is 7.19. The van der Waals surface area contributed by atoms with E-state index in [-0.39, 0.29) is 0 Å². The average molecular weight is 297 g/mol. The predicted molar refractivity (Wildman–Crippen MR) is 77.5 cm³/mol. The molecule has 17 heavy (non-hydrogen) atoms. The van der Waals surface area contributed by atoms with Crippen molar-refractivity contribution in [1.82, 2.24) is 0 Å². The van der Waals surface area contributed by atoms with E-state index in [2.05, 4.69) is 46.1 Å². The summed E-state index contributed by atoms with van der Waals surface area (Å²) in [6.07, 6.45) is 5.15. The Morgan fingerprint density at radius 2 is 2.18 bits per heavy atom. The van der Waals surface area contributed by atoms with Gasteiger partial charge in [-0.25, -0.2) is 0 Å². The highest BCUT2D eigenvalue weighted by atomic mass is 79.9. The van der Waals surface area contributed by atoms with Gasteiger partial charge in [0, 0.05) is 23.8 Å². The van der Waals surface area contributed by atoms with Crippen LogP contribution >= 0.6 is 15.9 Å². The van der Waals surface area contributed by atoms with Crippen molar-refractivity contribution in [1.29, 1.82) is 0 Å². The summed E-state index contributed by atoms with van der Waals surface area (Å²) in [4.78, 5) is 2.39. The van der Waals surface area contributed by atoms with Crippen LogP contribution in [0.5, 0.6) is 0 Å². The Bertz CT molecular complexity index is 374. The predicted octanol–water partition coefficient (Wildman–Crippen LogP) is 3.19. The van der Waals surface area contributed by atoms with E-state index in [1.807, 2.05) is 0 Å². The molecule has 0 aromatic heterocycles. The molecule has 0 atom stereocenters. The molecule has 0 spiro atoms. The van der Waals surface area contributed by atoms with Gasteiger partial charge >= 0.3 is 0 Å². The van der Waals surface area contributed by atoms with Gasteiger partial charge in [0.15, 0.2) is 0 Å². The fraction of sp³-hybridized carbons (Fsp3) is 0.571. The van der Waals surface area contributed by atoms with Crippen LogP contribution in [0.15, 0.2) is 22.7 Å². The van der Waals surface area contributed by atoms with Crippen molar-refractivity contribution in [3.63, 3.8) is 0 Å². The molecule has 2 nitrogen and oxygen atoms in total. The first-order valence-electron chi connectivity index (χ1n) is 6.40. The van der Waals surface area contributed by atoms with E-state index in [0.29, 0.717) is 6.54 Å². The maximum atomic E-state index is 5.68. The molecule has 1 aromatic rings. The number of benzene rings is 1. The third-order valence-electron chi connectivity index (χ3n) is 3.62. The van der Waals surface area contributed by atoms with Crippen molar-refractivity contribution >= 4 is 21.6 Å². The van der Waals surface area contributed by atoms with Crippen molar-refractivity contribution in [3.8, 4) is 0 Å². The van der Waals surface area contributed by atoms with Gasteiger partial charge < -0.3 is 10.6 Å². The van der Waals surface area contributed by atoms with Crippen LogP contribution in [0.1, 0.15) is 24.8 Å². The molecule has 2 rings (SSSR count). The SMILES string of the molecule is CN(CC1CCC1)c1ccc(Br)cc1CCN. The minimum Gasteiger partial charge on any atom is -0.374 e. The van der Waals surface area contributed by atoms with E-state index in [1.54, 1.807) is 0 Å². The average Bonchev–Trinajstić information content (AvgIpc) is 2.24. The minimum atomic E-state index is 0.709. The van der Waals surface area contributed by atoms with Gasteiger partial charge in [-0.05, 0) is 55.5 Å². The Kier molecular flexibility index (Phi) is 4.46. The lowest BCUT2D eigenvalue weighted by atomic mass is 9.85. The third-order valence-corrected chi connectivity index (χ3v) is 4.12. The fourth-order valence-corrected chi connectivity index (χ4v) is 2.85. The fourth-order valence-electron chi connectivity index (χ4n) is 2.44. The largest absolute Gasteiger partial charge is 0.374 e. The summed E-state index contributed by atoms with van der Waals surface area (Å²) in [5, 5.41) is 0. The highest BCUT2D eigenvalue weighted by Crippen LogP contribution is 2.30. The minimum absolute atomic E-state index is 0.709. The number of nitrogens with zero attached hydrogens (tertiary/aromatic N) is 1. The second kappa shape index (κ2) is 5.87. The smallest absolute Gasteiger partial charge is 0.0397 e. The molecule has 0 unspecified atom stereocenters. The van der Waals surface area contributed by atoms with Gasteiger partial charge in [0.25, 0.3) is 0 Å². The molecule has 1 aliphatic carbocycles. The summed E-state index contributed by atoms with van der Waals surface area (Å²) >= 11 is 3.53. The van der Waals surface area contributed by atoms with Gasteiger partial charge in [-0.15, -0.1) is 0 Å². The summed E-state index contributed by atoms with van der Waals surface area (Å²) in [5.74, 6) is 0.898. The molecule has 3 heteroatoms. The van der Waals surface area contributed by atoms with E-state index >= 15 is 0 Å². The highest BCUT2D eigenvalue weighted by molar-refractivity contribution is 9.10. The normalized spacial score (nSPS) is 15.7. The second-order valence-corrected chi connectivity index (χ2v) is 5.90. The van der Waals surface area contributed by atoms with Gasteiger partial charge in [0.2, 0.25) is 0 Å². The molecule has 94 valence electrons. The van der Waals surface area contributed by atoms with Crippen LogP contribution in [0.4, 0.5) is 5.69 Å². The molecule has 1 aliphatic rings. The van der Waals surface area contributed by atoms with Gasteiger partial charge in [-0.1, -0.05) is 22.4 Å². The molecule has 0 saturated heterocycles. The van der Waals surface area contributed by atoms with Gasteiger partial charge in [-0.2, -0.15) is 0 Å². The maximum absolute atomic E-state index is 5.68. The van der Waals surface area contributed by atoms with E-state index in [4.69, 9.17) is 5.73 Å². The van der Waals surface area contributed by atoms with Crippen molar-refractivity contribution in [2.75, 3.05) is 25.0 Å². The van der Waals surface area contributed by atoms with E-state index in [0.717, 1.165) is 16.8 Å². The number of hydrogen-bond donors (Lipinski definition) is 1. The molecular weight excluding hydrogens is 276 g/mol. The molecule has 0 heterocycles. The number of hydrogen-bond acceptors (Lipinski definition) is 2. The third kappa shape index (κ3) is 3.23. The van der Waals surface area contributed by atoms with Gasteiger partial charge in [-0.3, -0.25) is 0 Å². The Labute approximate surface area is 112 Å².